The molecule has 4 nitrogen and oxygen atoms in total. The van der Waals surface area contributed by atoms with Crippen LogP contribution in [-0.2, 0) is 0 Å². The van der Waals surface area contributed by atoms with Gasteiger partial charge < -0.3 is 0 Å². The summed E-state index contributed by atoms with van der Waals surface area (Å²) in [6.07, 6.45) is 6.07. The van der Waals surface area contributed by atoms with E-state index in [1.54, 1.807) is 0 Å². The molecule has 0 spiro atoms. The molecule has 136 valence electrons. The van der Waals surface area contributed by atoms with Gasteiger partial charge >= 0.3 is 0 Å². The third-order valence-corrected chi connectivity index (χ3v) is 6.43. The van der Waals surface area contributed by atoms with Crippen LogP contribution in [0.2, 0.25) is 0 Å². The maximum absolute atomic E-state index is 6.40. The number of hydrogen-bond acceptors (Lipinski definition) is 4. The zero-order valence-electron chi connectivity index (χ0n) is 16.7. The first-order valence-electron chi connectivity index (χ1n) is 9.27. The van der Waals surface area contributed by atoms with Crippen molar-refractivity contribution in [3.63, 3.8) is 0 Å². The second-order valence-corrected chi connectivity index (χ2v) is 10.8. The lowest BCUT2D eigenvalue weighted by molar-refractivity contribution is -0.0786. The third kappa shape index (κ3) is 3.76. The Balaban J connectivity index is 2.10. The highest BCUT2D eigenvalue weighted by Gasteiger charge is 2.47. The van der Waals surface area contributed by atoms with Gasteiger partial charge in [0.1, 0.15) is 0 Å². The molecule has 0 aliphatic carbocycles. The molecule has 4 N–H and O–H groups in total. The summed E-state index contributed by atoms with van der Waals surface area (Å²) in [5.74, 6) is 14.3. The molecule has 2 aliphatic heterocycles. The highest BCUT2D eigenvalue weighted by atomic mass is 15.5. The van der Waals surface area contributed by atoms with Crippen LogP contribution in [0.4, 0.5) is 0 Å². The SMILES string of the molecule is CC1(C)CC(CC2CC(C)(C)N(N)C(C)(C)C2)CC(C)(C)N1N. The summed E-state index contributed by atoms with van der Waals surface area (Å²) in [5.41, 5.74) is 0.302. The van der Waals surface area contributed by atoms with Crippen LogP contribution in [0, 0.1) is 11.8 Å². The van der Waals surface area contributed by atoms with Crippen molar-refractivity contribution in [3.8, 4) is 0 Å². The summed E-state index contributed by atoms with van der Waals surface area (Å²) in [5, 5.41) is 4.18. The lowest BCUT2D eigenvalue weighted by atomic mass is 9.67. The maximum Gasteiger partial charge on any atom is 0.0304 e. The highest BCUT2D eigenvalue weighted by Crippen LogP contribution is 2.46. The number of rotatable bonds is 2. The van der Waals surface area contributed by atoms with Crippen molar-refractivity contribution in [1.82, 2.24) is 10.0 Å². The zero-order chi connectivity index (χ0) is 17.8. The van der Waals surface area contributed by atoms with Gasteiger partial charge in [-0.05, 0) is 99.3 Å². The van der Waals surface area contributed by atoms with E-state index < -0.39 is 0 Å². The molecule has 2 saturated heterocycles. The van der Waals surface area contributed by atoms with Gasteiger partial charge in [-0.3, -0.25) is 11.7 Å². The number of nitrogens with two attached hydrogens (primary N) is 2. The van der Waals surface area contributed by atoms with E-state index in [1.807, 2.05) is 0 Å². The molecule has 0 aromatic rings. The van der Waals surface area contributed by atoms with E-state index in [0.717, 1.165) is 11.8 Å². The van der Waals surface area contributed by atoms with Gasteiger partial charge in [0.2, 0.25) is 0 Å². The zero-order valence-corrected chi connectivity index (χ0v) is 16.7. The number of hydrogen-bond donors (Lipinski definition) is 2. The van der Waals surface area contributed by atoms with E-state index in [2.05, 4.69) is 65.4 Å². The normalized spacial score (nSPS) is 32.1. The molecule has 0 aromatic heterocycles. The van der Waals surface area contributed by atoms with Crippen molar-refractivity contribution in [3.05, 3.63) is 0 Å². The third-order valence-electron chi connectivity index (χ3n) is 6.43. The van der Waals surface area contributed by atoms with Crippen LogP contribution in [0.25, 0.3) is 0 Å². The quantitative estimate of drug-likeness (QED) is 0.761. The Morgan fingerprint density at radius 1 is 0.609 bits per heavy atom. The summed E-state index contributed by atoms with van der Waals surface area (Å²) in [7, 11) is 0. The van der Waals surface area contributed by atoms with E-state index >= 15 is 0 Å². The predicted molar refractivity (Wildman–Crippen MR) is 98.4 cm³/mol. The van der Waals surface area contributed by atoms with Crippen molar-refractivity contribution in [1.29, 1.82) is 0 Å². The molecule has 0 saturated carbocycles. The lowest BCUT2D eigenvalue weighted by Crippen LogP contribution is -2.65. The molecular weight excluding hydrogens is 284 g/mol. The predicted octanol–water partition coefficient (Wildman–Crippen LogP) is 3.66. The number of nitrogens with zero attached hydrogens (tertiary/aromatic N) is 2. The molecule has 0 aromatic carbocycles. The second-order valence-electron chi connectivity index (χ2n) is 10.8. The van der Waals surface area contributed by atoms with E-state index in [0.29, 0.717) is 0 Å². The van der Waals surface area contributed by atoms with Crippen molar-refractivity contribution >= 4 is 0 Å². The smallest absolute Gasteiger partial charge is 0.0304 e. The van der Waals surface area contributed by atoms with Crippen LogP contribution in [0.5, 0.6) is 0 Å². The monoisotopic (exact) mass is 324 g/mol. The minimum atomic E-state index is 0.0754. The van der Waals surface area contributed by atoms with Gasteiger partial charge in [0.25, 0.3) is 0 Å². The topological polar surface area (TPSA) is 58.5 Å². The number of hydrazine groups is 2. The fraction of sp³-hybridized carbons (Fsp3) is 1.00. The van der Waals surface area contributed by atoms with Gasteiger partial charge in [-0.1, -0.05) is 0 Å². The van der Waals surface area contributed by atoms with Crippen LogP contribution in [0.15, 0.2) is 0 Å². The molecule has 0 atom stereocenters. The Kier molecular flexibility index (Phi) is 4.74. The molecule has 2 heterocycles. The fourth-order valence-electron chi connectivity index (χ4n) is 5.81. The second kappa shape index (κ2) is 5.69. The van der Waals surface area contributed by atoms with Crippen LogP contribution >= 0.6 is 0 Å². The van der Waals surface area contributed by atoms with Crippen LogP contribution < -0.4 is 11.7 Å². The minimum Gasteiger partial charge on any atom is -0.268 e. The summed E-state index contributed by atoms with van der Waals surface area (Å²) >= 11 is 0. The average Bonchev–Trinajstić information content (AvgIpc) is 2.31. The van der Waals surface area contributed by atoms with Crippen molar-refractivity contribution in [2.45, 2.75) is 110 Å². The van der Waals surface area contributed by atoms with Crippen molar-refractivity contribution in [2.24, 2.45) is 23.5 Å². The molecule has 0 bridgehead atoms. The molecular formula is C19H40N4. The first kappa shape index (κ1) is 19.2. The van der Waals surface area contributed by atoms with Crippen molar-refractivity contribution in [2.75, 3.05) is 0 Å². The Morgan fingerprint density at radius 3 is 1.04 bits per heavy atom. The first-order chi connectivity index (χ1) is 10.2. The van der Waals surface area contributed by atoms with Crippen molar-refractivity contribution < 1.29 is 0 Å². The Labute approximate surface area is 143 Å². The minimum absolute atomic E-state index is 0.0754. The van der Waals surface area contributed by atoms with Crippen LogP contribution in [0.1, 0.15) is 87.5 Å². The molecule has 0 radical (unpaired) electrons. The van der Waals surface area contributed by atoms with E-state index in [-0.39, 0.29) is 22.2 Å². The molecule has 23 heavy (non-hydrogen) atoms. The molecule has 2 aliphatic rings. The lowest BCUT2D eigenvalue weighted by Gasteiger charge is -2.56. The van der Waals surface area contributed by atoms with Gasteiger partial charge in [0.15, 0.2) is 0 Å². The van der Waals surface area contributed by atoms with E-state index in [4.69, 9.17) is 11.7 Å². The van der Waals surface area contributed by atoms with Crippen LogP contribution in [0.3, 0.4) is 0 Å². The van der Waals surface area contributed by atoms with Gasteiger partial charge in [0, 0.05) is 22.2 Å². The summed E-state index contributed by atoms with van der Waals surface area (Å²) in [4.78, 5) is 0. The van der Waals surface area contributed by atoms with Gasteiger partial charge in [-0.25, -0.2) is 10.0 Å². The van der Waals surface area contributed by atoms with Gasteiger partial charge in [-0.2, -0.15) is 0 Å². The Morgan fingerprint density at radius 2 is 0.826 bits per heavy atom. The molecule has 2 fully saturated rings. The molecule has 0 amide bonds. The molecule has 2 rings (SSSR count). The summed E-state index contributed by atoms with van der Waals surface area (Å²) < 4.78 is 0. The summed E-state index contributed by atoms with van der Waals surface area (Å²) in [6.45, 7) is 18.3. The van der Waals surface area contributed by atoms with Gasteiger partial charge in [0.05, 0.1) is 0 Å². The fourth-order valence-corrected chi connectivity index (χ4v) is 5.81. The Hall–Kier alpha value is -0.160. The highest BCUT2D eigenvalue weighted by molar-refractivity contribution is 5.01. The number of piperidine rings is 2. The van der Waals surface area contributed by atoms with E-state index in [9.17, 15) is 0 Å². The summed E-state index contributed by atoms with van der Waals surface area (Å²) in [6, 6.07) is 0. The maximum atomic E-state index is 6.40. The average molecular weight is 325 g/mol. The first-order valence-corrected chi connectivity index (χ1v) is 9.27. The van der Waals surface area contributed by atoms with E-state index in [1.165, 1.54) is 32.1 Å². The van der Waals surface area contributed by atoms with Gasteiger partial charge in [-0.15, -0.1) is 0 Å². The molecule has 4 heteroatoms. The standard InChI is InChI=1S/C19H40N4/c1-16(2)10-14(11-17(3,4)22(16)20)9-15-12-18(5,6)23(21)19(7,8)13-15/h14-15H,9-13,20-21H2,1-8H3. The largest absolute Gasteiger partial charge is 0.268 e. The van der Waals surface area contributed by atoms with Crippen LogP contribution in [-0.4, -0.2) is 32.2 Å². The molecule has 0 unspecified atom stereocenters. The Bertz CT molecular complexity index is 363.